The standard InChI is InChI=1S/C18H26N2O2/c1-13-12-20(18(21)15-5-6-15)10-9-17(13)19-11-14-3-7-16(22-2)8-4-14/h3-4,7-8,13,15,17,19H,5-6,9-12H2,1-2H3/t13-,17+/m0/s1. The van der Waals surface area contributed by atoms with Crippen molar-refractivity contribution in [1.29, 1.82) is 0 Å². The number of ether oxygens (including phenoxy) is 1. The molecule has 3 rings (SSSR count). The fourth-order valence-corrected chi connectivity index (χ4v) is 3.23. The molecule has 1 saturated carbocycles. The van der Waals surface area contributed by atoms with Gasteiger partial charge in [-0.3, -0.25) is 4.79 Å². The van der Waals surface area contributed by atoms with E-state index in [1.54, 1.807) is 7.11 Å². The van der Waals surface area contributed by atoms with Gasteiger partial charge in [-0.2, -0.15) is 0 Å². The van der Waals surface area contributed by atoms with Crippen LogP contribution in [0.1, 0.15) is 31.7 Å². The molecular formula is C18H26N2O2. The van der Waals surface area contributed by atoms with Gasteiger partial charge in [-0.05, 0) is 42.9 Å². The largest absolute Gasteiger partial charge is 0.497 e. The van der Waals surface area contributed by atoms with Crippen molar-refractivity contribution >= 4 is 5.91 Å². The Balaban J connectivity index is 1.47. The summed E-state index contributed by atoms with van der Waals surface area (Å²) in [5, 5.41) is 3.65. The molecule has 2 aliphatic rings. The van der Waals surface area contributed by atoms with E-state index in [1.165, 1.54) is 5.56 Å². The number of nitrogens with one attached hydrogen (secondary N) is 1. The Bertz CT molecular complexity index is 510. The third kappa shape index (κ3) is 3.61. The Morgan fingerprint density at radius 3 is 2.59 bits per heavy atom. The number of benzene rings is 1. The van der Waals surface area contributed by atoms with Crippen molar-refractivity contribution in [1.82, 2.24) is 10.2 Å². The lowest BCUT2D eigenvalue weighted by Crippen LogP contribution is -2.50. The average Bonchev–Trinajstić information content (AvgIpc) is 3.38. The number of hydrogen-bond donors (Lipinski definition) is 1. The number of rotatable bonds is 5. The van der Waals surface area contributed by atoms with E-state index < -0.39 is 0 Å². The van der Waals surface area contributed by atoms with Gasteiger partial charge in [0.1, 0.15) is 5.75 Å². The zero-order chi connectivity index (χ0) is 15.5. The van der Waals surface area contributed by atoms with Crippen LogP contribution < -0.4 is 10.1 Å². The summed E-state index contributed by atoms with van der Waals surface area (Å²) in [7, 11) is 1.69. The number of piperidine rings is 1. The van der Waals surface area contributed by atoms with Gasteiger partial charge in [-0.15, -0.1) is 0 Å². The van der Waals surface area contributed by atoms with E-state index in [2.05, 4.69) is 29.3 Å². The number of carbonyl (C=O) groups excluding carboxylic acids is 1. The Morgan fingerprint density at radius 2 is 2.00 bits per heavy atom. The minimum absolute atomic E-state index is 0.344. The Morgan fingerprint density at radius 1 is 1.27 bits per heavy atom. The molecule has 1 saturated heterocycles. The first kappa shape index (κ1) is 15.3. The molecule has 0 unspecified atom stereocenters. The van der Waals surface area contributed by atoms with Gasteiger partial charge in [0.05, 0.1) is 7.11 Å². The topological polar surface area (TPSA) is 41.6 Å². The quantitative estimate of drug-likeness (QED) is 0.908. The monoisotopic (exact) mass is 302 g/mol. The summed E-state index contributed by atoms with van der Waals surface area (Å²) >= 11 is 0. The first-order valence-corrected chi connectivity index (χ1v) is 8.32. The molecule has 1 heterocycles. The molecule has 4 nitrogen and oxygen atoms in total. The fourth-order valence-electron chi connectivity index (χ4n) is 3.23. The summed E-state index contributed by atoms with van der Waals surface area (Å²) in [5.74, 6) is 2.13. The Hall–Kier alpha value is -1.55. The summed E-state index contributed by atoms with van der Waals surface area (Å²) in [5.41, 5.74) is 1.27. The lowest BCUT2D eigenvalue weighted by atomic mass is 9.93. The van der Waals surface area contributed by atoms with Crippen molar-refractivity contribution < 1.29 is 9.53 Å². The number of methoxy groups -OCH3 is 1. The van der Waals surface area contributed by atoms with E-state index >= 15 is 0 Å². The summed E-state index contributed by atoms with van der Waals surface area (Å²) < 4.78 is 5.18. The molecule has 22 heavy (non-hydrogen) atoms. The van der Waals surface area contributed by atoms with Crippen LogP contribution in [0.3, 0.4) is 0 Å². The van der Waals surface area contributed by atoms with E-state index in [1.807, 2.05) is 12.1 Å². The lowest BCUT2D eigenvalue weighted by Gasteiger charge is -2.37. The predicted octanol–water partition coefficient (Wildman–Crippen LogP) is 2.43. The van der Waals surface area contributed by atoms with Crippen molar-refractivity contribution in [2.45, 2.75) is 38.8 Å². The van der Waals surface area contributed by atoms with E-state index in [9.17, 15) is 4.79 Å². The molecule has 1 amide bonds. The molecule has 4 heteroatoms. The predicted molar refractivity (Wildman–Crippen MR) is 86.7 cm³/mol. The third-order valence-corrected chi connectivity index (χ3v) is 4.87. The molecule has 1 aromatic carbocycles. The van der Waals surface area contributed by atoms with Gasteiger partial charge in [-0.25, -0.2) is 0 Å². The van der Waals surface area contributed by atoms with Gasteiger partial charge in [0.2, 0.25) is 5.91 Å². The van der Waals surface area contributed by atoms with Crippen LogP contribution >= 0.6 is 0 Å². The van der Waals surface area contributed by atoms with Crippen molar-refractivity contribution in [3.8, 4) is 5.75 Å². The second-order valence-corrected chi connectivity index (χ2v) is 6.66. The highest BCUT2D eigenvalue weighted by molar-refractivity contribution is 5.81. The van der Waals surface area contributed by atoms with Crippen molar-refractivity contribution in [3.05, 3.63) is 29.8 Å². The second-order valence-electron chi connectivity index (χ2n) is 6.66. The molecule has 1 aromatic rings. The van der Waals surface area contributed by atoms with E-state index in [0.29, 0.717) is 23.8 Å². The van der Waals surface area contributed by atoms with Crippen molar-refractivity contribution in [2.75, 3.05) is 20.2 Å². The number of carbonyl (C=O) groups is 1. The minimum atomic E-state index is 0.344. The molecule has 0 radical (unpaired) electrons. The molecule has 1 aliphatic carbocycles. The summed E-state index contributed by atoms with van der Waals surface area (Å²) in [6.07, 6.45) is 3.25. The van der Waals surface area contributed by atoms with Crippen molar-refractivity contribution in [2.24, 2.45) is 11.8 Å². The van der Waals surface area contributed by atoms with Gasteiger partial charge in [0.15, 0.2) is 0 Å². The highest BCUT2D eigenvalue weighted by atomic mass is 16.5. The zero-order valence-corrected chi connectivity index (χ0v) is 13.5. The number of hydrogen-bond acceptors (Lipinski definition) is 3. The average molecular weight is 302 g/mol. The fraction of sp³-hybridized carbons (Fsp3) is 0.611. The highest BCUT2D eigenvalue weighted by Crippen LogP contribution is 2.32. The van der Waals surface area contributed by atoms with Crippen LogP contribution in [0.15, 0.2) is 24.3 Å². The van der Waals surface area contributed by atoms with E-state index in [-0.39, 0.29) is 0 Å². The maximum atomic E-state index is 12.1. The normalized spacial score (nSPS) is 25.1. The Kier molecular flexibility index (Phi) is 4.67. The van der Waals surface area contributed by atoms with Crippen LogP contribution in [0, 0.1) is 11.8 Å². The summed E-state index contributed by atoms with van der Waals surface area (Å²) in [4.78, 5) is 14.2. The van der Waals surface area contributed by atoms with Crippen LogP contribution in [0.4, 0.5) is 0 Å². The molecule has 1 N–H and O–H groups in total. The molecule has 2 atom stereocenters. The van der Waals surface area contributed by atoms with Gasteiger partial charge in [0.25, 0.3) is 0 Å². The van der Waals surface area contributed by atoms with Crippen LogP contribution in [0.25, 0.3) is 0 Å². The van der Waals surface area contributed by atoms with Crippen LogP contribution in [-0.2, 0) is 11.3 Å². The molecule has 0 bridgehead atoms. The van der Waals surface area contributed by atoms with Gasteiger partial charge >= 0.3 is 0 Å². The number of likely N-dealkylation sites (tertiary alicyclic amines) is 1. The third-order valence-electron chi connectivity index (χ3n) is 4.87. The van der Waals surface area contributed by atoms with Gasteiger partial charge < -0.3 is 15.0 Å². The molecule has 1 aliphatic heterocycles. The molecule has 0 aromatic heterocycles. The first-order valence-electron chi connectivity index (χ1n) is 8.32. The molecule has 0 spiro atoms. The second kappa shape index (κ2) is 6.69. The molecule has 2 fully saturated rings. The van der Waals surface area contributed by atoms with E-state index in [0.717, 1.165) is 44.6 Å². The first-order chi connectivity index (χ1) is 10.7. The Labute approximate surface area is 132 Å². The number of amides is 1. The maximum Gasteiger partial charge on any atom is 0.225 e. The van der Waals surface area contributed by atoms with Gasteiger partial charge in [-0.1, -0.05) is 19.1 Å². The lowest BCUT2D eigenvalue weighted by molar-refractivity contribution is -0.134. The summed E-state index contributed by atoms with van der Waals surface area (Å²) in [6, 6.07) is 8.68. The van der Waals surface area contributed by atoms with Crippen LogP contribution in [-0.4, -0.2) is 37.0 Å². The van der Waals surface area contributed by atoms with Crippen LogP contribution in [0.5, 0.6) is 5.75 Å². The van der Waals surface area contributed by atoms with E-state index in [4.69, 9.17) is 4.74 Å². The smallest absolute Gasteiger partial charge is 0.225 e. The molecular weight excluding hydrogens is 276 g/mol. The van der Waals surface area contributed by atoms with Gasteiger partial charge in [0, 0.05) is 31.6 Å². The number of nitrogens with zero attached hydrogens (tertiary/aromatic N) is 1. The maximum absolute atomic E-state index is 12.1. The molecule has 120 valence electrons. The van der Waals surface area contributed by atoms with Crippen molar-refractivity contribution in [3.63, 3.8) is 0 Å². The zero-order valence-electron chi connectivity index (χ0n) is 13.5. The van der Waals surface area contributed by atoms with Crippen LogP contribution in [0.2, 0.25) is 0 Å². The highest BCUT2D eigenvalue weighted by Gasteiger charge is 2.36. The summed E-state index contributed by atoms with van der Waals surface area (Å²) in [6.45, 7) is 4.92. The minimum Gasteiger partial charge on any atom is -0.497 e. The SMILES string of the molecule is COc1ccc(CN[C@@H]2CCN(C(=O)C3CC3)C[C@@H]2C)cc1.